The number of para-hydroxylation sites is 1. The van der Waals surface area contributed by atoms with E-state index in [4.69, 9.17) is 0 Å². The molecule has 1 aliphatic carbocycles. The summed E-state index contributed by atoms with van der Waals surface area (Å²) >= 11 is 0. The van der Waals surface area contributed by atoms with E-state index in [1.54, 1.807) is 6.07 Å². The van der Waals surface area contributed by atoms with E-state index in [9.17, 15) is 4.39 Å². The lowest BCUT2D eigenvalue weighted by Gasteiger charge is -2.03. The zero-order valence-corrected chi connectivity index (χ0v) is 9.54. The second kappa shape index (κ2) is 3.16. The number of aromatic nitrogens is 1. The number of pyridine rings is 1. The molecule has 0 radical (unpaired) electrons. The topological polar surface area (TPSA) is 3.88 Å². The maximum absolute atomic E-state index is 14.1. The van der Waals surface area contributed by atoms with Crippen molar-refractivity contribution < 1.29 is 8.96 Å². The van der Waals surface area contributed by atoms with E-state index >= 15 is 0 Å². The highest BCUT2D eigenvalue weighted by atomic mass is 19.1. The first-order valence-corrected chi connectivity index (χ1v) is 6.17. The predicted molar refractivity (Wildman–Crippen MR) is 64.9 cm³/mol. The van der Waals surface area contributed by atoms with Gasteiger partial charge in [-0.2, -0.15) is 4.57 Å². The summed E-state index contributed by atoms with van der Waals surface area (Å²) in [5.74, 6) is -0.0903. The van der Waals surface area contributed by atoms with Gasteiger partial charge in [-0.1, -0.05) is 12.1 Å². The van der Waals surface area contributed by atoms with Gasteiger partial charge in [0.05, 0.1) is 5.39 Å². The summed E-state index contributed by atoms with van der Waals surface area (Å²) in [4.78, 5) is 0. The lowest BCUT2D eigenvalue weighted by Crippen LogP contribution is -2.36. The molecule has 17 heavy (non-hydrogen) atoms. The van der Waals surface area contributed by atoms with Crippen LogP contribution in [0.2, 0.25) is 0 Å². The molecule has 0 bridgehead atoms. The number of benzene rings is 1. The van der Waals surface area contributed by atoms with Gasteiger partial charge in [0, 0.05) is 23.3 Å². The lowest BCUT2D eigenvalue weighted by atomic mass is 10.1. The van der Waals surface area contributed by atoms with E-state index in [-0.39, 0.29) is 5.82 Å². The number of allylic oxidation sites excluding steroid dienone is 2. The second-order valence-electron chi connectivity index (χ2n) is 4.92. The molecule has 0 amide bonds. The molecule has 1 aromatic heterocycles. The number of hydrogen-bond donors (Lipinski definition) is 0. The lowest BCUT2D eigenvalue weighted by molar-refractivity contribution is -0.660. The second-order valence-corrected chi connectivity index (χ2v) is 4.92. The van der Waals surface area contributed by atoms with Gasteiger partial charge in [-0.05, 0) is 25.3 Å². The molecule has 84 valence electrons. The number of halogens is 1. The van der Waals surface area contributed by atoms with Crippen molar-refractivity contribution in [2.24, 2.45) is 0 Å². The van der Waals surface area contributed by atoms with Crippen molar-refractivity contribution in [3.63, 3.8) is 0 Å². The minimum Gasteiger partial charge on any atom is -0.206 e. The van der Waals surface area contributed by atoms with Crippen molar-refractivity contribution in [2.45, 2.75) is 25.8 Å². The fourth-order valence-corrected chi connectivity index (χ4v) is 3.22. The summed E-state index contributed by atoms with van der Waals surface area (Å²) in [6.45, 7) is 0.964. The fourth-order valence-electron chi connectivity index (χ4n) is 3.22. The highest BCUT2D eigenvalue weighted by molar-refractivity contribution is 5.79. The molecule has 1 aliphatic heterocycles. The van der Waals surface area contributed by atoms with Gasteiger partial charge in [0.15, 0.2) is 6.54 Å². The molecule has 0 spiro atoms. The number of fused-ring (bicyclic) bond motifs is 4. The normalized spacial score (nSPS) is 17.7. The van der Waals surface area contributed by atoms with Gasteiger partial charge < -0.3 is 0 Å². The third kappa shape index (κ3) is 1.15. The van der Waals surface area contributed by atoms with Gasteiger partial charge in [0.2, 0.25) is 11.2 Å². The van der Waals surface area contributed by atoms with Gasteiger partial charge in [-0.3, -0.25) is 0 Å². The van der Waals surface area contributed by atoms with Crippen molar-refractivity contribution >= 4 is 16.5 Å². The van der Waals surface area contributed by atoms with Crippen LogP contribution in [0.3, 0.4) is 0 Å². The molecule has 2 aromatic rings. The molecular weight excluding hydrogens is 213 g/mol. The Balaban J connectivity index is 2.08. The molecule has 4 rings (SSSR count). The zero-order chi connectivity index (χ0) is 11.4. The molecule has 2 heteroatoms. The SMILES string of the molecule is Fc1cc2[n+](c3ccccc13)CC1=C2CCC1. The van der Waals surface area contributed by atoms with Crippen molar-refractivity contribution in [2.75, 3.05) is 0 Å². The third-order valence-electron chi connectivity index (χ3n) is 4.00. The van der Waals surface area contributed by atoms with Crippen LogP contribution >= 0.6 is 0 Å². The maximum atomic E-state index is 14.1. The highest BCUT2D eigenvalue weighted by Crippen LogP contribution is 2.37. The van der Waals surface area contributed by atoms with E-state index < -0.39 is 0 Å². The Morgan fingerprint density at radius 2 is 2.00 bits per heavy atom. The number of rotatable bonds is 0. The summed E-state index contributed by atoms with van der Waals surface area (Å²) in [6.07, 6.45) is 3.54. The Hall–Kier alpha value is -1.70. The Bertz CT molecular complexity index is 670. The molecule has 1 nitrogen and oxygen atoms in total. The third-order valence-corrected chi connectivity index (χ3v) is 4.00. The molecule has 0 saturated carbocycles. The largest absolute Gasteiger partial charge is 0.216 e. The van der Waals surface area contributed by atoms with E-state index in [1.165, 1.54) is 24.0 Å². The molecule has 2 heterocycles. The summed E-state index contributed by atoms with van der Waals surface area (Å²) in [6, 6.07) is 9.48. The van der Waals surface area contributed by atoms with Crippen LogP contribution in [0.4, 0.5) is 4.39 Å². The van der Waals surface area contributed by atoms with E-state index in [0.29, 0.717) is 0 Å². The molecule has 2 aliphatic rings. The summed E-state index contributed by atoms with van der Waals surface area (Å²) in [5.41, 5.74) is 5.04. The van der Waals surface area contributed by atoms with Crippen LogP contribution in [0, 0.1) is 5.82 Å². The van der Waals surface area contributed by atoms with Crippen molar-refractivity contribution in [3.8, 4) is 0 Å². The molecule has 0 unspecified atom stereocenters. The molecule has 0 atom stereocenters. The molecular formula is C15H13FN+. The van der Waals surface area contributed by atoms with Gasteiger partial charge >= 0.3 is 0 Å². The standard InChI is InChI=1S/C15H13FN/c16-13-8-15-11-6-3-4-10(11)9-17(15)14-7-2-1-5-12(13)14/h1-2,5,7-8H,3-4,6,9H2/q+1. The van der Waals surface area contributed by atoms with Crippen LogP contribution in [0.25, 0.3) is 16.5 Å². The van der Waals surface area contributed by atoms with Crippen LogP contribution in [-0.4, -0.2) is 0 Å². The van der Waals surface area contributed by atoms with Gasteiger partial charge in [-0.25, -0.2) is 4.39 Å². The minimum atomic E-state index is -0.0903. The Morgan fingerprint density at radius 3 is 2.94 bits per heavy atom. The number of nitrogens with zero attached hydrogens (tertiary/aromatic N) is 1. The van der Waals surface area contributed by atoms with Crippen LogP contribution in [0.5, 0.6) is 0 Å². The van der Waals surface area contributed by atoms with Crippen LogP contribution in [0.15, 0.2) is 35.9 Å². The molecule has 0 saturated heterocycles. The fraction of sp³-hybridized carbons (Fsp3) is 0.267. The zero-order valence-electron chi connectivity index (χ0n) is 9.54. The maximum Gasteiger partial charge on any atom is 0.216 e. The van der Waals surface area contributed by atoms with Gasteiger partial charge in [-0.15, -0.1) is 0 Å². The minimum absolute atomic E-state index is 0.0903. The highest BCUT2D eigenvalue weighted by Gasteiger charge is 2.34. The first-order valence-electron chi connectivity index (χ1n) is 6.17. The van der Waals surface area contributed by atoms with Gasteiger partial charge in [0.1, 0.15) is 5.82 Å². The average molecular weight is 226 g/mol. The smallest absolute Gasteiger partial charge is 0.206 e. The predicted octanol–water partition coefficient (Wildman–Crippen LogP) is 3.22. The summed E-state index contributed by atoms with van der Waals surface area (Å²) < 4.78 is 16.3. The van der Waals surface area contributed by atoms with E-state index in [0.717, 1.165) is 29.6 Å². The summed E-state index contributed by atoms with van der Waals surface area (Å²) in [7, 11) is 0. The monoisotopic (exact) mass is 226 g/mol. The van der Waals surface area contributed by atoms with E-state index in [1.807, 2.05) is 24.3 Å². The summed E-state index contributed by atoms with van der Waals surface area (Å²) in [5, 5.41) is 0.734. The van der Waals surface area contributed by atoms with E-state index in [2.05, 4.69) is 4.57 Å². The van der Waals surface area contributed by atoms with Crippen molar-refractivity contribution in [1.82, 2.24) is 0 Å². The van der Waals surface area contributed by atoms with Crippen LogP contribution in [-0.2, 0) is 6.54 Å². The van der Waals surface area contributed by atoms with Crippen molar-refractivity contribution in [1.29, 1.82) is 0 Å². The molecule has 0 N–H and O–H groups in total. The van der Waals surface area contributed by atoms with Gasteiger partial charge in [0.25, 0.3) is 0 Å². The van der Waals surface area contributed by atoms with Crippen LogP contribution < -0.4 is 4.57 Å². The Kier molecular flexibility index (Phi) is 1.74. The van der Waals surface area contributed by atoms with Crippen molar-refractivity contribution in [3.05, 3.63) is 47.4 Å². The Labute approximate surface area is 99.2 Å². The first kappa shape index (κ1) is 9.34. The molecule has 0 fully saturated rings. The Morgan fingerprint density at radius 1 is 1.12 bits per heavy atom. The van der Waals surface area contributed by atoms with Crippen LogP contribution in [0.1, 0.15) is 25.0 Å². The average Bonchev–Trinajstić information content (AvgIpc) is 2.91. The quantitative estimate of drug-likeness (QED) is 0.607. The molecule has 1 aromatic carbocycles. The first-order chi connectivity index (χ1) is 8.34. The number of hydrogen-bond acceptors (Lipinski definition) is 0.